The van der Waals surface area contributed by atoms with E-state index in [0.717, 1.165) is 6.42 Å². The molecule has 2 N–H and O–H groups in total. The van der Waals surface area contributed by atoms with Crippen LogP contribution in [0.4, 0.5) is 0 Å². The fourth-order valence-electron chi connectivity index (χ4n) is 0.659. The molecule has 5 nitrogen and oxygen atoms in total. The van der Waals surface area contributed by atoms with E-state index in [9.17, 15) is 9.59 Å². The van der Waals surface area contributed by atoms with Gasteiger partial charge in [-0.05, 0) is 6.42 Å². The third-order valence-corrected chi connectivity index (χ3v) is 1.18. The second-order valence-corrected chi connectivity index (χ2v) is 2.21. The number of methoxy groups -OCH3 is 1. The molecule has 12 heavy (non-hydrogen) atoms. The molecule has 0 aromatic rings. The van der Waals surface area contributed by atoms with Crippen molar-refractivity contribution in [3.63, 3.8) is 0 Å². The molecule has 0 aliphatic heterocycles. The van der Waals surface area contributed by atoms with Crippen molar-refractivity contribution in [1.82, 2.24) is 10.6 Å². The summed E-state index contributed by atoms with van der Waals surface area (Å²) >= 11 is 0. The van der Waals surface area contributed by atoms with Crippen LogP contribution in [0.2, 0.25) is 0 Å². The average Bonchev–Trinajstić information content (AvgIpc) is 2.05. The molecular weight excluding hydrogens is 160 g/mol. The Kier molecular flexibility index (Phi) is 7.27. The van der Waals surface area contributed by atoms with Crippen molar-refractivity contribution < 1.29 is 14.3 Å². The molecular formula is C7H14N2O3. The Bertz CT molecular complexity index is 139. The third-order valence-electron chi connectivity index (χ3n) is 1.18. The van der Waals surface area contributed by atoms with Gasteiger partial charge < -0.3 is 15.4 Å². The maximum Gasteiger partial charge on any atom is 0.245 e. The minimum Gasteiger partial charge on any atom is -0.375 e. The molecule has 0 aliphatic rings. The molecule has 0 atom stereocenters. The molecule has 0 unspecified atom stereocenters. The average molecular weight is 174 g/mol. The zero-order valence-electron chi connectivity index (χ0n) is 7.13. The highest BCUT2D eigenvalue weighted by molar-refractivity contribution is 5.77. The van der Waals surface area contributed by atoms with Crippen molar-refractivity contribution in [3.05, 3.63) is 0 Å². The van der Waals surface area contributed by atoms with E-state index in [1.165, 1.54) is 7.11 Å². The van der Waals surface area contributed by atoms with Crippen LogP contribution in [0, 0.1) is 0 Å². The summed E-state index contributed by atoms with van der Waals surface area (Å²) in [6, 6.07) is 0. The predicted molar refractivity (Wildman–Crippen MR) is 43.6 cm³/mol. The van der Waals surface area contributed by atoms with Gasteiger partial charge in [-0.2, -0.15) is 0 Å². The number of hydrogen-bond acceptors (Lipinski definition) is 3. The van der Waals surface area contributed by atoms with Crippen molar-refractivity contribution in [3.8, 4) is 0 Å². The number of carbonyl (C=O) groups excluding carboxylic acids is 2. The highest BCUT2D eigenvalue weighted by Gasteiger charge is 1.96. The molecule has 0 saturated heterocycles. The summed E-state index contributed by atoms with van der Waals surface area (Å²) in [5.74, 6) is -0.136. The van der Waals surface area contributed by atoms with Crippen LogP contribution in [-0.2, 0) is 14.3 Å². The maximum absolute atomic E-state index is 10.7. The van der Waals surface area contributed by atoms with E-state index < -0.39 is 0 Å². The number of carbonyl (C=O) groups is 2. The van der Waals surface area contributed by atoms with Crippen LogP contribution < -0.4 is 10.6 Å². The third kappa shape index (κ3) is 7.01. The first-order valence-electron chi connectivity index (χ1n) is 3.74. The van der Waals surface area contributed by atoms with E-state index in [0.29, 0.717) is 19.5 Å². The molecule has 2 amide bonds. The molecule has 0 aromatic carbocycles. The summed E-state index contributed by atoms with van der Waals surface area (Å²) in [5, 5.41) is 5.11. The lowest BCUT2D eigenvalue weighted by molar-refractivity contribution is -0.124. The summed E-state index contributed by atoms with van der Waals surface area (Å²) in [6.07, 6.45) is 1.37. The van der Waals surface area contributed by atoms with E-state index in [4.69, 9.17) is 0 Å². The number of amides is 2. The number of rotatable bonds is 7. The van der Waals surface area contributed by atoms with Gasteiger partial charge in [-0.25, -0.2) is 0 Å². The summed E-state index contributed by atoms with van der Waals surface area (Å²) in [6.45, 7) is 1.22. The van der Waals surface area contributed by atoms with E-state index in [-0.39, 0.29) is 12.5 Å². The first-order chi connectivity index (χ1) is 5.81. The fourth-order valence-corrected chi connectivity index (χ4v) is 0.659. The standard InChI is InChI=1S/C7H14N2O3/c1-12-5-7(11)9-4-2-3-8-6-10/h6H,2-5H2,1H3,(H,8,10)(H,9,11). The van der Waals surface area contributed by atoms with Crippen LogP contribution in [0.1, 0.15) is 6.42 Å². The predicted octanol–water partition coefficient (Wildman–Crippen LogP) is -1.11. The van der Waals surface area contributed by atoms with Crippen LogP contribution in [0.5, 0.6) is 0 Å². The van der Waals surface area contributed by atoms with Gasteiger partial charge in [0.2, 0.25) is 12.3 Å². The topological polar surface area (TPSA) is 67.4 Å². The minimum absolute atomic E-state index is 0.0844. The lowest BCUT2D eigenvalue weighted by Gasteiger charge is -2.02. The molecule has 5 heteroatoms. The SMILES string of the molecule is COCC(=O)NCCCNC=O. The summed E-state index contributed by atoms with van der Waals surface area (Å²) in [5.41, 5.74) is 0. The highest BCUT2D eigenvalue weighted by Crippen LogP contribution is 1.73. The van der Waals surface area contributed by atoms with Crippen molar-refractivity contribution in [1.29, 1.82) is 0 Å². The van der Waals surface area contributed by atoms with Crippen LogP contribution in [0.15, 0.2) is 0 Å². The van der Waals surface area contributed by atoms with Crippen molar-refractivity contribution in [2.45, 2.75) is 6.42 Å². The lowest BCUT2D eigenvalue weighted by atomic mass is 10.4. The highest BCUT2D eigenvalue weighted by atomic mass is 16.5. The molecule has 0 saturated carbocycles. The van der Waals surface area contributed by atoms with Crippen molar-refractivity contribution in [2.24, 2.45) is 0 Å². The van der Waals surface area contributed by atoms with Crippen molar-refractivity contribution in [2.75, 3.05) is 26.8 Å². The van der Waals surface area contributed by atoms with Gasteiger partial charge >= 0.3 is 0 Å². The molecule has 70 valence electrons. The first-order valence-corrected chi connectivity index (χ1v) is 3.74. The first kappa shape index (κ1) is 10.9. The van der Waals surface area contributed by atoms with E-state index in [1.54, 1.807) is 0 Å². The number of nitrogens with one attached hydrogen (secondary N) is 2. The molecule has 0 aromatic heterocycles. The van der Waals surface area contributed by atoms with Crippen LogP contribution in [0.3, 0.4) is 0 Å². The Morgan fingerprint density at radius 1 is 1.50 bits per heavy atom. The lowest BCUT2D eigenvalue weighted by Crippen LogP contribution is -2.29. The second-order valence-electron chi connectivity index (χ2n) is 2.21. The molecule has 0 fully saturated rings. The van der Waals surface area contributed by atoms with Gasteiger partial charge in [0.25, 0.3) is 0 Å². The molecule has 0 heterocycles. The van der Waals surface area contributed by atoms with E-state index >= 15 is 0 Å². The normalized spacial score (nSPS) is 9.08. The number of ether oxygens (including phenoxy) is 1. The van der Waals surface area contributed by atoms with Gasteiger partial charge in [0.15, 0.2) is 0 Å². The van der Waals surface area contributed by atoms with Crippen LogP contribution >= 0.6 is 0 Å². The summed E-state index contributed by atoms with van der Waals surface area (Å²) in [7, 11) is 1.47. The minimum atomic E-state index is -0.136. The Morgan fingerprint density at radius 2 is 2.25 bits per heavy atom. The Hall–Kier alpha value is -1.10. The Balaban J connectivity index is 3.08. The van der Waals surface area contributed by atoms with Gasteiger partial charge in [0.1, 0.15) is 6.61 Å². The smallest absolute Gasteiger partial charge is 0.245 e. The quantitative estimate of drug-likeness (QED) is 0.379. The fraction of sp³-hybridized carbons (Fsp3) is 0.714. The molecule has 0 bridgehead atoms. The monoisotopic (exact) mass is 174 g/mol. The molecule has 0 radical (unpaired) electrons. The van der Waals surface area contributed by atoms with Crippen LogP contribution in [0.25, 0.3) is 0 Å². The molecule has 0 rings (SSSR count). The molecule has 0 spiro atoms. The van der Waals surface area contributed by atoms with Gasteiger partial charge in [-0.15, -0.1) is 0 Å². The van der Waals surface area contributed by atoms with E-state index in [2.05, 4.69) is 15.4 Å². The Labute approximate surface area is 71.5 Å². The second kappa shape index (κ2) is 8.00. The zero-order valence-corrected chi connectivity index (χ0v) is 7.13. The maximum atomic E-state index is 10.7. The number of hydrogen-bond donors (Lipinski definition) is 2. The van der Waals surface area contributed by atoms with Crippen LogP contribution in [-0.4, -0.2) is 39.1 Å². The van der Waals surface area contributed by atoms with Crippen molar-refractivity contribution >= 4 is 12.3 Å². The van der Waals surface area contributed by atoms with Gasteiger partial charge in [0.05, 0.1) is 0 Å². The largest absolute Gasteiger partial charge is 0.375 e. The van der Waals surface area contributed by atoms with Gasteiger partial charge in [-0.1, -0.05) is 0 Å². The van der Waals surface area contributed by atoms with Gasteiger partial charge in [-0.3, -0.25) is 9.59 Å². The summed E-state index contributed by atoms with van der Waals surface area (Å²) < 4.78 is 4.60. The zero-order chi connectivity index (χ0) is 9.23. The molecule has 0 aliphatic carbocycles. The van der Waals surface area contributed by atoms with Gasteiger partial charge in [0, 0.05) is 20.2 Å². The Morgan fingerprint density at radius 3 is 2.83 bits per heavy atom. The van der Waals surface area contributed by atoms with E-state index in [1.807, 2.05) is 0 Å². The summed E-state index contributed by atoms with van der Waals surface area (Å²) in [4.78, 5) is 20.5.